The minimum atomic E-state index is -0.484. The molecular weight excluding hydrogens is 312 g/mol. The van der Waals surface area contributed by atoms with Gasteiger partial charge in [0.2, 0.25) is 0 Å². The van der Waals surface area contributed by atoms with Crippen molar-refractivity contribution >= 4 is 11.6 Å². The summed E-state index contributed by atoms with van der Waals surface area (Å²) in [5, 5.41) is 21.5. The second-order valence-electron chi connectivity index (χ2n) is 5.91. The second-order valence-corrected chi connectivity index (χ2v) is 5.91. The third-order valence-electron chi connectivity index (χ3n) is 4.14. The number of hydrogen-bond acceptors (Lipinski definition) is 6. The number of amides is 1. The van der Waals surface area contributed by atoms with Crippen molar-refractivity contribution in [3.8, 4) is 5.69 Å². The molecule has 0 spiro atoms. The quantitative estimate of drug-likeness (QED) is 0.639. The molecule has 0 bridgehead atoms. The van der Waals surface area contributed by atoms with Gasteiger partial charge in [-0.2, -0.15) is 0 Å². The first-order valence-corrected chi connectivity index (χ1v) is 7.76. The number of nitrogens with one attached hydrogen (secondary N) is 1. The van der Waals surface area contributed by atoms with E-state index >= 15 is 0 Å². The molecular formula is C15H18N6O3. The first-order chi connectivity index (χ1) is 11.5. The molecule has 1 heterocycles. The van der Waals surface area contributed by atoms with Crippen LogP contribution in [0.3, 0.4) is 0 Å². The van der Waals surface area contributed by atoms with Gasteiger partial charge in [-0.05, 0) is 31.7 Å². The van der Waals surface area contributed by atoms with Crippen molar-refractivity contribution in [3.63, 3.8) is 0 Å². The lowest BCUT2D eigenvalue weighted by Gasteiger charge is -2.26. The van der Waals surface area contributed by atoms with Crippen molar-refractivity contribution in [1.29, 1.82) is 0 Å². The second kappa shape index (κ2) is 6.75. The molecule has 1 aromatic carbocycles. The van der Waals surface area contributed by atoms with E-state index in [9.17, 15) is 14.9 Å². The molecule has 0 saturated heterocycles. The fourth-order valence-corrected chi connectivity index (χ4v) is 2.77. The Morgan fingerprint density at radius 2 is 2.08 bits per heavy atom. The number of nitrogens with zero attached hydrogens (tertiary/aromatic N) is 4. The van der Waals surface area contributed by atoms with Gasteiger partial charge in [-0.1, -0.05) is 11.3 Å². The summed E-state index contributed by atoms with van der Waals surface area (Å²) in [4.78, 5) is 22.6. The maximum absolute atomic E-state index is 12.2. The van der Waals surface area contributed by atoms with Crippen LogP contribution >= 0.6 is 0 Å². The van der Waals surface area contributed by atoms with Gasteiger partial charge in [-0.15, -0.1) is 5.10 Å². The number of aromatic nitrogens is 3. The highest BCUT2D eigenvalue weighted by molar-refractivity contribution is 5.92. The average molecular weight is 330 g/mol. The summed E-state index contributed by atoms with van der Waals surface area (Å²) >= 11 is 0. The van der Waals surface area contributed by atoms with Crippen LogP contribution in [0.15, 0.2) is 30.5 Å². The highest BCUT2D eigenvalue weighted by Gasteiger charge is 2.22. The molecule has 1 aliphatic rings. The highest BCUT2D eigenvalue weighted by Crippen LogP contribution is 2.18. The van der Waals surface area contributed by atoms with Crippen LogP contribution < -0.4 is 11.1 Å². The minimum absolute atomic E-state index is 0.0486. The van der Waals surface area contributed by atoms with Crippen LogP contribution in [0.4, 0.5) is 5.69 Å². The first kappa shape index (κ1) is 16.1. The van der Waals surface area contributed by atoms with Gasteiger partial charge in [-0.3, -0.25) is 14.9 Å². The van der Waals surface area contributed by atoms with Crippen molar-refractivity contribution in [1.82, 2.24) is 20.3 Å². The monoisotopic (exact) mass is 330 g/mol. The minimum Gasteiger partial charge on any atom is -0.348 e. The third kappa shape index (κ3) is 3.57. The number of non-ortho nitro benzene ring substituents is 1. The molecule has 1 aromatic heterocycles. The van der Waals surface area contributed by atoms with E-state index in [2.05, 4.69) is 15.6 Å². The first-order valence-electron chi connectivity index (χ1n) is 7.76. The van der Waals surface area contributed by atoms with Crippen molar-refractivity contribution in [2.45, 2.75) is 37.8 Å². The smallest absolute Gasteiger partial charge is 0.273 e. The standard InChI is InChI=1S/C15H18N6O3/c16-10-4-6-11(7-5-10)17-15(22)14-9-20(19-18-14)12-2-1-3-13(8-12)21(23)24/h1-3,8-11H,4-7,16H2,(H,17,22). The number of carbonyl (C=O) groups is 1. The van der Waals surface area contributed by atoms with Crippen molar-refractivity contribution in [3.05, 3.63) is 46.3 Å². The number of nitrogens with two attached hydrogens (primary N) is 1. The highest BCUT2D eigenvalue weighted by atomic mass is 16.6. The molecule has 1 aliphatic carbocycles. The molecule has 1 amide bonds. The fourth-order valence-electron chi connectivity index (χ4n) is 2.77. The van der Waals surface area contributed by atoms with Gasteiger partial charge in [0.1, 0.15) is 0 Å². The molecule has 2 aromatic rings. The number of benzene rings is 1. The fraction of sp³-hybridized carbons (Fsp3) is 0.400. The largest absolute Gasteiger partial charge is 0.348 e. The van der Waals surface area contributed by atoms with Crippen LogP contribution in [-0.2, 0) is 0 Å². The molecule has 1 fully saturated rings. The predicted molar refractivity (Wildman–Crippen MR) is 85.7 cm³/mol. The van der Waals surface area contributed by atoms with Crippen LogP contribution in [-0.4, -0.2) is 37.9 Å². The Kier molecular flexibility index (Phi) is 4.52. The number of carbonyl (C=O) groups excluding carboxylic acids is 1. The maximum Gasteiger partial charge on any atom is 0.273 e. The number of nitro groups is 1. The van der Waals surface area contributed by atoms with Crippen LogP contribution in [0.2, 0.25) is 0 Å². The topological polar surface area (TPSA) is 129 Å². The summed E-state index contributed by atoms with van der Waals surface area (Å²) in [6.07, 6.45) is 4.96. The lowest BCUT2D eigenvalue weighted by molar-refractivity contribution is -0.384. The third-order valence-corrected chi connectivity index (χ3v) is 4.14. The van der Waals surface area contributed by atoms with Gasteiger partial charge in [0.15, 0.2) is 5.69 Å². The number of rotatable bonds is 4. The molecule has 9 heteroatoms. The van der Waals surface area contributed by atoms with Crippen LogP contribution in [0.25, 0.3) is 5.69 Å². The maximum atomic E-state index is 12.2. The Balaban J connectivity index is 1.70. The summed E-state index contributed by atoms with van der Waals surface area (Å²) in [6, 6.07) is 6.29. The van der Waals surface area contributed by atoms with Gasteiger partial charge in [-0.25, -0.2) is 4.68 Å². The average Bonchev–Trinajstić information content (AvgIpc) is 3.07. The van der Waals surface area contributed by atoms with E-state index in [1.807, 2.05) is 0 Å². The molecule has 0 unspecified atom stereocenters. The van der Waals surface area contributed by atoms with Gasteiger partial charge in [0.25, 0.3) is 11.6 Å². The van der Waals surface area contributed by atoms with E-state index in [0.29, 0.717) is 5.69 Å². The molecule has 126 valence electrons. The van der Waals surface area contributed by atoms with Gasteiger partial charge in [0.05, 0.1) is 16.8 Å². The molecule has 3 rings (SSSR count). The van der Waals surface area contributed by atoms with Gasteiger partial charge >= 0.3 is 0 Å². The summed E-state index contributed by atoms with van der Waals surface area (Å²) in [5.41, 5.74) is 6.45. The zero-order valence-corrected chi connectivity index (χ0v) is 13.0. The van der Waals surface area contributed by atoms with E-state index in [-0.39, 0.29) is 29.4 Å². The SMILES string of the molecule is NC1CCC(NC(=O)c2cn(-c3cccc([N+](=O)[O-])c3)nn2)CC1. The Morgan fingerprint density at radius 3 is 2.79 bits per heavy atom. The zero-order valence-electron chi connectivity index (χ0n) is 13.0. The Morgan fingerprint density at radius 1 is 1.33 bits per heavy atom. The number of hydrogen-bond donors (Lipinski definition) is 2. The lowest BCUT2D eigenvalue weighted by Crippen LogP contribution is -2.40. The summed E-state index contributed by atoms with van der Waals surface area (Å²) in [5.74, 6) is -0.299. The van der Waals surface area contributed by atoms with E-state index in [0.717, 1.165) is 25.7 Å². The molecule has 9 nitrogen and oxygen atoms in total. The Labute approximate surface area is 138 Å². The molecule has 3 N–H and O–H groups in total. The van der Waals surface area contributed by atoms with Crippen molar-refractivity contribution in [2.75, 3.05) is 0 Å². The van der Waals surface area contributed by atoms with Gasteiger partial charge in [0, 0.05) is 24.2 Å². The molecule has 1 saturated carbocycles. The van der Waals surface area contributed by atoms with E-state index in [1.54, 1.807) is 12.1 Å². The van der Waals surface area contributed by atoms with Gasteiger partial charge < -0.3 is 11.1 Å². The molecule has 0 atom stereocenters. The normalized spacial score (nSPS) is 20.5. The van der Waals surface area contributed by atoms with E-state index < -0.39 is 4.92 Å². The van der Waals surface area contributed by atoms with E-state index in [4.69, 9.17) is 5.73 Å². The van der Waals surface area contributed by atoms with Crippen molar-refractivity contribution in [2.24, 2.45) is 5.73 Å². The van der Waals surface area contributed by atoms with Crippen molar-refractivity contribution < 1.29 is 9.72 Å². The molecule has 24 heavy (non-hydrogen) atoms. The summed E-state index contributed by atoms with van der Waals surface area (Å²) < 4.78 is 1.35. The van der Waals surface area contributed by atoms with Crippen LogP contribution in [0.5, 0.6) is 0 Å². The zero-order chi connectivity index (χ0) is 17.1. The Bertz CT molecular complexity index is 751. The lowest BCUT2D eigenvalue weighted by atomic mass is 9.92. The summed E-state index contributed by atoms with van der Waals surface area (Å²) in [7, 11) is 0. The molecule has 0 radical (unpaired) electrons. The van der Waals surface area contributed by atoms with E-state index in [1.165, 1.54) is 23.0 Å². The van der Waals surface area contributed by atoms with Crippen LogP contribution in [0, 0.1) is 10.1 Å². The predicted octanol–water partition coefficient (Wildman–Crippen LogP) is 1.18. The van der Waals surface area contributed by atoms with Crippen LogP contribution in [0.1, 0.15) is 36.2 Å². The molecule has 0 aliphatic heterocycles. The Hall–Kier alpha value is -2.81. The summed E-state index contributed by atoms with van der Waals surface area (Å²) in [6.45, 7) is 0. The number of nitro benzene ring substituents is 1.